The topological polar surface area (TPSA) is 97.7 Å². The highest BCUT2D eigenvalue weighted by atomic mass is 16.4. The van der Waals surface area contributed by atoms with Crippen molar-refractivity contribution in [3.63, 3.8) is 0 Å². The van der Waals surface area contributed by atoms with Crippen molar-refractivity contribution >= 4 is 22.9 Å². The van der Waals surface area contributed by atoms with E-state index in [4.69, 9.17) is 8.83 Å². The first-order chi connectivity index (χ1) is 13.6. The molecular weight excluding hydrogens is 362 g/mol. The highest BCUT2D eigenvalue weighted by Gasteiger charge is 2.25. The molecule has 3 aromatic rings. The summed E-state index contributed by atoms with van der Waals surface area (Å²) in [5.41, 5.74) is 1.20. The summed E-state index contributed by atoms with van der Waals surface area (Å²) in [6, 6.07) is 10.5. The van der Waals surface area contributed by atoms with E-state index in [-0.39, 0.29) is 30.8 Å². The van der Waals surface area contributed by atoms with Gasteiger partial charge in [0.2, 0.25) is 5.91 Å². The van der Waals surface area contributed by atoms with Crippen molar-refractivity contribution in [2.24, 2.45) is 0 Å². The zero-order valence-corrected chi connectivity index (χ0v) is 15.3. The minimum absolute atomic E-state index is 0.0194. The van der Waals surface area contributed by atoms with Gasteiger partial charge >= 0.3 is 5.76 Å². The summed E-state index contributed by atoms with van der Waals surface area (Å²) in [7, 11) is 0. The molecule has 1 N–H and O–H groups in total. The van der Waals surface area contributed by atoms with Crippen LogP contribution in [0.25, 0.3) is 11.1 Å². The first-order valence-corrected chi connectivity index (χ1v) is 9.32. The lowest BCUT2D eigenvalue weighted by Gasteiger charge is -2.31. The van der Waals surface area contributed by atoms with Crippen LogP contribution in [0.3, 0.4) is 0 Å². The lowest BCUT2D eigenvalue weighted by atomic mass is 10.0. The van der Waals surface area contributed by atoms with Gasteiger partial charge in [-0.05, 0) is 37.1 Å². The molecular formula is C20H21N3O5. The van der Waals surface area contributed by atoms with Crippen LogP contribution >= 0.6 is 0 Å². The van der Waals surface area contributed by atoms with Crippen LogP contribution in [0.1, 0.15) is 29.8 Å². The number of rotatable bonds is 5. The number of likely N-dealkylation sites (tertiary alicyclic amines) is 1. The van der Waals surface area contributed by atoms with E-state index in [1.54, 1.807) is 35.2 Å². The molecule has 1 fully saturated rings. The van der Waals surface area contributed by atoms with E-state index in [1.807, 2.05) is 6.07 Å². The molecule has 3 heterocycles. The lowest BCUT2D eigenvalue weighted by molar-refractivity contribution is -0.122. The van der Waals surface area contributed by atoms with Crippen molar-refractivity contribution in [2.45, 2.75) is 31.8 Å². The number of amides is 2. The molecule has 2 amide bonds. The zero-order valence-electron chi connectivity index (χ0n) is 15.3. The number of carbonyl (C=O) groups excluding carboxylic acids is 2. The van der Waals surface area contributed by atoms with Gasteiger partial charge in [-0.1, -0.05) is 12.1 Å². The van der Waals surface area contributed by atoms with Crippen LogP contribution in [0.2, 0.25) is 0 Å². The Morgan fingerprint density at radius 2 is 1.89 bits per heavy atom. The maximum absolute atomic E-state index is 12.3. The smallest absolute Gasteiger partial charge is 0.419 e. The summed E-state index contributed by atoms with van der Waals surface area (Å²) >= 11 is 0. The monoisotopic (exact) mass is 383 g/mol. The Labute approximate surface area is 160 Å². The Bertz CT molecular complexity index is 1030. The second kappa shape index (κ2) is 7.75. The fourth-order valence-corrected chi connectivity index (χ4v) is 3.52. The zero-order chi connectivity index (χ0) is 19.5. The summed E-state index contributed by atoms with van der Waals surface area (Å²) in [5.74, 6) is -0.368. The van der Waals surface area contributed by atoms with Crippen LogP contribution in [-0.4, -0.2) is 40.4 Å². The van der Waals surface area contributed by atoms with Crippen molar-refractivity contribution < 1.29 is 18.4 Å². The number of fused-ring (bicyclic) bond motifs is 1. The highest BCUT2D eigenvalue weighted by molar-refractivity contribution is 5.91. The number of nitrogens with zero attached hydrogens (tertiary/aromatic N) is 2. The molecule has 146 valence electrons. The van der Waals surface area contributed by atoms with Gasteiger partial charge in [-0.15, -0.1) is 0 Å². The van der Waals surface area contributed by atoms with E-state index in [0.717, 1.165) is 0 Å². The van der Waals surface area contributed by atoms with Crippen molar-refractivity contribution in [1.29, 1.82) is 0 Å². The van der Waals surface area contributed by atoms with Crippen LogP contribution in [0.15, 0.2) is 56.3 Å². The molecule has 1 aliphatic rings. The number of aryl methyl sites for hydroxylation is 1. The minimum atomic E-state index is -0.459. The molecule has 1 aliphatic heterocycles. The average Bonchev–Trinajstić information content (AvgIpc) is 3.34. The van der Waals surface area contributed by atoms with Gasteiger partial charge in [-0.2, -0.15) is 0 Å². The molecule has 2 aromatic heterocycles. The maximum atomic E-state index is 12.3. The van der Waals surface area contributed by atoms with Crippen LogP contribution in [0, 0.1) is 0 Å². The molecule has 0 bridgehead atoms. The predicted molar refractivity (Wildman–Crippen MR) is 101 cm³/mol. The molecule has 0 spiro atoms. The summed E-state index contributed by atoms with van der Waals surface area (Å²) in [5, 5.41) is 3.00. The second-order valence-corrected chi connectivity index (χ2v) is 6.85. The predicted octanol–water partition coefficient (Wildman–Crippen LogP) is 2.00. The van der Waals surface area contributed by atoms with Crippen LogP contribution in [0.4, 0.5) is 0 Å². The van der Waals surface area contributed by atoms with Crippen molar-refractivity contribution in [1.82, 2.24) is 14.8 Å². The van der Waals surface area contributed by atoms with Crippen molar-refractivity contribution in [3.8, 4) is 0 Å². The number of aromatic nitrogens is 1. The third-order valence-electron chi connectivity index (χ3n) is 5.02. The molecule has 0 radical (unpaired) electrons. The number of piperidine rings is 1. The molecule has 4 rings (SSSR count). The van der Waals surface area contributed by atoms with E-state index in [1.165, 1.54) is 10.8 Å². The molecule has 1 saturated heterocycles. The molecule has 8 nitrogen and oxygen atoms in total. The van der Waals surface area contributed by atoms with Gasteiger partial charge in [0.05, 0.1) is 11.8 Å². The Morgan fingerprint density at radius 1 is 1.11 bits per heavy atom. The van der Waals surface area contributed by atoms with Crippen LogP contribution < -0.4 is 11.1 Å². The number of hydrogen-bond acceptors (Lipinski definition) is 5. The standard InChI is InChI=1S/C20H21N3O5/c24-18(9-12-23-15-4-1-2-5-16(15)28-20(23)26)21-14-7-10-22(11-8-14)19(25)17-6-3-13-27-17/h1-6,13-14H,7-12H2,(H,21,24). The third kappa shape index (κ3) is 3.71. The number of hydrogen-bond donors (Lipinski definition) is 1. The summed E-state index contributed by atoms with van der Waals surface area (Å²) in [6.07, 6.45) is 3.04. The molecule has 28 heavy (non-hydrogen) atoms. The summed E-state index contributed by atoms with van der Waals surface area (Å²) in [4.78, 5) is 38.3. The van der Waals surface area contributed by atoms with E-state index in [2.05, 4.69) is 5.32 Å². The van der Waals surface area contributed by atoms with Crippen LogP contribution in [0.5, 0.6) is 0 Å². The summed E-state index contributed by atoms with van der Waals surface area (Å²) < 4.78 is 11.8. The van der Waals surface area contributed by atoms with Gasteiger partial charge < -0.3 is 19.1 Å². The van der Waals surface area contributed by atoms with E-state index in [0.29, 0.717) is 42.8 Å². The molecule has 8 heteroatoms. The number of benzene rings is 1. The molecule has 0 saturated carbocycles. The van der Waals surface area contributed by atoms with Gasteiger partial charge in [-0.3, -0.25) is 14.2 Å². The average molecular weight is 383 g/mol. The Morgan fingerprint density at radius 3 is 2.64 bits per heavy atom. The number of nitrogens with one attached hydrogen (secondary N) is 1. The number of oxazole rings is 1. The Hall–Kier alpha value is -3.29. The Kier molecular flexibility index (Phi) is 5.01. The SMILES string of the molecule is O=C(CCn1c(=O)oc2ccccc21)NC1CCN(C(=O)c2ccco2)CC1. The number of furan rings is 1. The first kappa shape index (κ1) is 18.1. The fraction of sp³-hybridized carbons (Fsp3) is 0.350. The molecule has 0 unspecified atom stereocenters. The van der Waals surface area contributed by atoms with Gasteiger partial charge in [0, 0.05) is 32.1 Å². The van der Waals surface area contributed by atoms with Gasteiger partial charge in [-0.25, -0.2) is 4.79 Å². The van der Waals surface area contributed by atoms with E-state index in [9.17, 15) is 14.4 Å². The van der Waals surface area contributed by atoms with Crippen molar-refractivity contribution in [2.75, 3.05) is 13.1 Å². The number of para-hydroxylation sites is 2. The number of carbonyl (C=O) groups is 2. The van der Waals surface area contributed by atoms with Gasteiger partial charge in [0.25, 0.3) is 5.91 Å². The van der Waals surface area contributed by atoms with Crippen molar-refractivity contribution in [3.05, 3.63) is 59.0 Å². The fourth-order valence-electron chi connectivity index (χ4n) is 3.52. The quantitative estimate of drug-likeness (QED) is 0.727. The lowest BCUT2D eigenvalue weighted by Crippen LogP contribution is -2.46. The second-order valence-electron chi connectivity index (χ2n) is 6.85. The molecule has 0 aliphatic carbocycles. The van der Waals surface area contributed by atoms with E-state index >= 15 is 0 Å². The largest absolute Gasteiger partial charge is 0.459 e. The highest BCUT2D eigenvalue weighted by Crippen LogP contribution is 2.15. The van der Waals surface area contributed by atoms with Crippen LogP contribution in [-0.2, 0) is 11.3 Å². The maximum Gasteiger partial charge on any atom is 0.419 e. The summed E-state index contributed by atoms with van der Waals surface area (Å²) in [6.45, 7) is 1.39. The molecule has 1 aromatic carbocycles. The van der Waals surface area contributed by atoms with E-state index < -0.39 is 5.76 Å². The normalized spacial score (nSPS) is 15.1. The van der Waals surface area contributed by atoms with Gasteiger partial charge in [0.15, 0.2) is 11.3 Å². The minimum Gasteiger partial charge on any atom is -0.459 e. The third-order valence-corrected chi connectivity index (χ3v) is 5.02. The molecule has 0 atom stereocenters. The Balaban J connectivity index is 1.27. The van der Waals surface area contributed by atoms with Gasteiger partial charge in [0.1, 0.15) is 0 Å². The first-order valence-electron chi connectivity index (χ1n) is 9.32.